The number of ketones is 1. The molecular weight excluding hydrogens is 380 g/mol. The van der Waals surface area contributed by atoms with Crippen LogP contribution >= 0.6 is 15.9 Å². The van der Waals surface area contributed by atoms with Gasteiger partial charge in [-0.2, -0.15) is 5.10 Å². The maximum Gasteiger partial charge on any atom is 0.178 e. The highest BCUT2D eigenvalue weighted by Gasteiger charge is 2.08. The molecule has 0 N–H and O–H groups in total. The number of fused-ring (bicyclic) bond motifs is 1. The minimum absolute atomic E-state index is 0.0482. The maximum atomic E-state index is 11.5. The van der Waals surface area contributed by atoms with Gasteiger partial charge in [0.25, 0.3) is 0 Å². The fourth-order valence-electron chi connectivity index (χ4n) is 2.61. The second-order valence-corrected chi connectivity index (χ2v) is 6.44. The summed E-state index contributed by atoms with van der Waals surface area (Å²) in [6.07, 6.45) is 1.94. The smallest absolute Gasteiger partial charge is 0.178 e. The Hall–Kier alpha value is -2.86. The molecule has 4 rings (SSSR count). The summed E-state index contributed by atoms with van der Waals surface area (Å²) >= 11 is 3.38. The van der Waals surface area contributed by atoms with Gasteiger partial charge < -0.3 is 0 Å². The number of halogens is 1. The zero-order valence-corrected chi connectivity index (χ0v) is 14.9. The Morgan fingerprint density at radius 1 is 1.04 bits per heavy atom. The van der Waals surface area contributed by atoms with Crippen LogP contribution in [0.5, 0.6) is 0 Å². The molecule has 3 aromatic heterocycles. The molecule has 0 saturated carbocycles. The molecule has 0 bridgehead atoms. The Morgan fingerprint density at radius 2 is 1.88 bits per heavy atom. The van der Waals surface area contributed by atoms with Crippen molar-refractivity contribution >= 4 is 32.6 Å². The van der Waals surface area contributed by atoms with E-state index in [1.165, 1.54) is 6.92 Å². The molecule has 5 nitrogen and oxygen atoms in total. The molecule has 0 spiro atoms. The summed E-state index contributed by atoms with van der Waals surface area (Å²) < 4.78 is 2.51. The van der Waals surface area contributed by atoms with E-state index in [0.717, 1.165) is 32.6 Å². The predicted molar refractivity (Wildman–Crippen MR) is 99.8 cm³/mol. The van der Waals surface area contributed by atoms with Crippen molar-refractivity contribution in [3.63, 3.8) is 0 Å². The van der Waals surface area contributed by atoms with Crippen molar-refractivity contribution in [2.75, 3.05) is 0 Å². The van der Waals surface area contributed by atoms with E-state index < -0.39 is 0 Å². The largest absolute Gasteiger partial charge is 0.293 e. The first kappa shape index (κ1) is 15.7. The number of rotatable bonds is 3. The van der Waals surface area contributed by atoms with Gasteiger partial charge in [0.2, 0.25) is 0 Å². The third kappa shape index (κ3) is 3.08. The number of carbonyl (C=O) groups is 1. The molecule has 0 aliphatic heterocycles. The zero-order chi connectivity index (χ0) is 17.4. The van der Waals surface area contributed by atoms with Crippen molar-refractivity contribution in [2.45, 2.75) is 6.92 Å². The molecule has 0 aliphatic carbocycles. The number of carbonyl (C=O) groups excluding carboxylic acids is 1. The first-order chi connectivity index (χ1) is 12.1. The Labute approximate surface area is 152 Å². The van der Waals surface area contributed by atoms with Crippen LogP contribution in [0.25, 0.3) is 28.0 Å². The molecule has 6 heteroatoms. The van der Waals surface area contributed by atoms with Gasteiger partial charge >= 0.3 is 0 Å². The highest BCUT2D eigenvalue weighted by Crippen LogP contribution is 2.23. The molecule has 4 aromatic rings. The Morgan fingerprint density at radius 3 is 2.68 bits per heavy atom. The summed E-state index contributed by atoms with van der Waals surface area (Å²) in [7, 11) is 0. The molecule has 0 atom stereocenters. The van der Waals surface area contributed by atoms with Crippen LogP contribution in [0.4, 0.5) is 0 Å². The van der Waals surface area contributed by atoms with E-state index in [4.69, 9.17) is 0 Å². The molecule has 122 valence electrons. The van der Waals surface area contributed by atoms with Crippen molar-refractivity contribution in [3.8, 4) is 17.1 Å². The molecule has 0 amide bonds. The van der Waals surface area contributed by atoms with E-state index in [-0.39, 0.29) is 5.78 Å². The van der Waals surface area contributed by atoms with E-state index in [2.05, 4.69) is 31.0 Å². The molecule has 0 radical (unpaired) electrons. The number of pyridine rings is 2. The Balaban J connectivity index is 1.78. The summed E-state index contributed by atoms with van der Waals surface area (Å²) in [6.45, 7) is 1.52. The SMILES string of the molecule is CC(=O)c1cccc(-c2ccc3cn(-c4cccc(Br)n4)nc3c2)n1. The molecular formula is C19H13BrN4O. The van der Waals surface area contributed by atoms with Crippen molar-refractivity contribution in [1.82, 2.24) is 19.7 Å². The van der Waals surface area contributed by atoms with Crippen LogP contribution in [-0.2, 0) is 0 Å². The third-order valence-electron chi connectivity index (χ3n) is 3.85. The molecule has 0 aliphatic rings. The molecule has 0 unspecified atom stereocenters. The molecule has 0 fully saturated rings. The number of Topliss-reactive ketones (excluding diaryl/α,β-unsaturated/α-hetero) is 1. The van der Waals surface area contributed by atoms with E-state index in [9.17, 15) is 4.79 Å². The zero-order valence-electron chi connectivity index (χ0n) is 13.3. The van der Waals surface area contributed by atoms with E-state index in [1.807, 2.05) is 54.7 Å². The van der Waals surface area contributed by atoms with Crippen LogP contribution in [0.3, 0.4) is 0 Å². The monoisotopic (exact) mass is 392 g/mol. The minimum atomic E-state index is -0.0482. The molecule has 1 aromatic carbocycles. The van der Waals surface area contributed by atoms with E-state index in [1.54, 1.807) is 10.7 Å². The minimum Gasteiger partial charge on any atom is -0.293 e. The summed E-state index contributed by atoms with van der Waals surface area (Å²) in [5, 5.41) is 5.61. The van der Waals surface area contributed by atoms with Crippen molar-refractivity contribution in [3.05, 3.63) is 71.1 Å². The van der Waals surface area contributed by atoms with Crippen molar-refractivity contribution < 1.29 is 4.79 Å². The van der Waals surface area contributed by atoms with E-state index >= 15 is 0 Å². The van der Waals surface area contributed by atoms with Crippen LogP contribution in [-0.4, -0.2) is 25.5 Å². The van der Waals surface area contributed by atoms with Gasteiger partial charge in [-0.05, 0) is 46.3 Å². The lowest BCUT2D eigenvalue weighted by molar-refractivity contribution is 0.101. The normalized spacial score (nSPS) is 11.0. The first-order valence-electron chi connectivity index (χ1n) is 7.71. The number of aromatic nitrogens is 4. The quantitative estimate of drug-likeness (QED) is 0.381. The van der Waals surface area contributed by atoms with Gasteiger partial charge in [0.15, 0.2) is 11.6 Å². The summed E-state index contributed by atoms with van der Waals surface area (Å²) in [5.41, 5.74) is 2.98. The standard InChI is InChI=1S/C19H13BrN4O/c1-12(25)15-4-2-5-16(21-15)13-8-9-14-11-24(23-17(14)10-13)19-7-3-6-18(20)22-19/h2-11H,1H3. The summed E-state index contributed by atoms with van der Waals surface area (Å²) in [4.78, 5) is 20.4. The lowest BCUT2D eigenvalue weighted by Crippen LogP contribution is -1.97. The number of benzene rings is 1. The number of nitrogens with zero attached hydrogens (tertiary/aromatic N) is 4. The van der Waals surface area contributed by atoms with Gasteiger partial charge in [-0.1, -0.05) is 24.3 Å². The fourth-order valence-corrected chi connectivity index (χ4v) is 2.94. The second-order valence-electron chi connectivity index (χ2n) is 5.63. The average Bonchev–Trinajstić information content (AvgIpc) is 3.05. The molecule has 3 heterocycles. The molecule has 0 saturated heterocycles. The van der Waals surface area contributed by atoms with Crippen LogP contribution < -0.4 is 0 Å². The lowest BCUT2D eigenvalue weighted by atomic mass is 10.1. The van der Waals surface area contributed by atoms with Crippen molar-refractivity contribution in [1.29, 1.82) is 0 Å². The van der Waals surface area contributed by atoms with Gasteiger partial charge in [-0.3, -0.25) is 4.79 Å². The van der Waals surface area contributed by atoms with Crippen LogP contribution in [0.2, 0.25) is 0 Å². The van der Waals surface area contributed by atoms with Gasteiger partial charge in [-0.25, -0.2) is 14.6 Å². The van der Waals surface area contributed by atoms with Crippen LogP contribution in [0.15, 0.2) is 65.4 Å². The first-order valence-corrected chi connectivity index (χ1v) is 8.50. The second kappa shape index (κ2) is 6.22. The van der Waals surface area contributed by atoms with Gasteiger partial charge in [-0.15, -0.1) is 0 Å². The third-order valence-corrected chi connectivity index (χ3v) is 4.29. The number of hydrogen-bond donors (Lipinski definition) is 0. The summed E-state index contributed by atoms with van der Waals surface area (Å²) in [5.74, 6) is 0.691. The lowest BCUT2D eigenvalue weighted by Gasteiger charge is -2.02. The average molecular weight is 393 g/mol. The Kier molecular flexibility index (Phi) is 3.89. The highest BCUT2D eigenvalue weighted by atomic mass is 79.9. The number of hydrogen-bond acceptors (Lipinski definition) is 4. The van der Waals surface area contributed by atoms with Gasteiger partial charge in [0, 0.05) is 24.1 Å². The van der Waals surface area contributed by atoms with Crippen LogP contribution in [0, 0.1) is 0 Å². The van der Waals surface area contributed by atoms with Crippen LogP contribution in [0.1, 0.15) is 17.4 Å². The predicted octanol–water partition coefficient (Wildman–Crippen LogP) is 4.45. The summed E-state index contributed by atoms with van der Waals surface area (Å²) in [6, 6.07) is 17.1. The van der Waals surface area contributed by atoms with E-state index in [0.29, 0.717) is 5.69 Å². The highest BCUT2D eigenvalue weighted by molar-refractivity contribution is 9.10. The fraction of sp³-hybridized carbons (Fsp3) is 0.0526. The topological polar surface area (TPSA) is 60.7 Å². The van der Waals surface area contributed by atoms with Crippen molar-refractivity contribution in [2.24, 2.45) is 0 Å². The Bertz CT molecular complexity index is 1100. The maximum absolute atomic E-state index is 11.5. The van der Waals surface area contributed by atoms with Gasteiger partial charge in [0.05, 0.1) is 11.2 Å². The molecule has 25 heavy (non-hydrogen) atoms. The van der Waals surface area contributed by atoms with Gasteiger partial charge in [0.1, 0.15) is 10.3 Å².